The van der Waals surface area contributed by atoms with Crippen LogP contribution in [0, 0.1) is 0 Å². The Morgan fingerprint density at radius 1 is 1.28 bits per heavy atom. The highest BCUT2D eigenvalue weighted by Gasteiger charge is 2.32. The highest BCUT2D eigenvalue weighted by atomic mass is 19.4. The second kappa shape index (κ2) is 7.47. The number of nitrogens with one attached hydrogen (secondary N) is 2. The number of amides is 1. The van der Waals surface area contributed by atoms with Crippen LogP contribution < -0.4 is 10.7 Å². The van der Waals surface area contributed by atoms with Crippen molar-refractivity contribution in [1.82, 2.24) is 15.3 Å². The number of alkyl carbamates (subject to hydrolysis) is 1. The van der Waals surface area contributed by atoms with Crippen molar-refractivity contribution in [1.29, 1.82) is 0 Å². The minimum Gasteiger partial charge on any atom is -0.444 e. The zero-order valence-corrected chi connectivity index (χ0v) is 14.5. The van der Waals surface area contributed by atoms with Gasteiger partial charge in [-0.2, -0.15) is 13.2 Å². The number of piperidine rings is 1. The maximum Gasteiger partial charge on any atom is 0.433 e. The van der Waals surface area contributed by atoms with E-state index in [0.29, 0.717) is 31.6 Å². The van der Waals surface area contributed by atoms with Crippen LogP contribution in [0.5, 0.6) is 0 Å². The van der Waals surface area contributed by atoms with Gasteiger partial charge in [-0.1, -0.05) is 0 Å². The van der Waals surface area contributed by atoms with Gasteiger partial charge in [0.2, 0.25) is 0 Å². The summed E-state index contributed by atoms with van der Waals surface area (Å²) in [5, 5.41) is 4.64. The van der Waals surface area contributed by atoms with Crippen molar-refractivity contribution in [3.8, 4) is 0 Å². The lowest BCUT2D eigenvalue weighted by molar-refractivity contribution is -0.141. The fourth-order valence-corrected chi connectivity index (χ4v) is 2.45. The molecule has 2 N–H and O–H groups in total. The topological polar surface area (TPSA) is 66.5 Å². The molecular formula is C16H23F3N4O2. The summed E-state index contributed by atoms with van der Waals surface area (Å²) in [5.41, 5.74) is 1.81. The smallest absolute Gasteiger partial charge is 0.433 e. The Morgan fingerprint density at radius 3 is 2.48 bits per heavy atom. The van der Waals surface area contributed by atoms with Gasteiger partial charge in [0.15, 0.2) is 0 Å². The fourth-order valence-electron chi connectivity index (χ4n) is 2.45. The van der Waals surface area contributed by atoms with E-state index in [1.54, 1.807) is 20.8 Å². The summed E-state index contributed by atoms with van der Waals surface area (Å²) in [5.74, 6) is 0. The van der Waals surface area contributed by atoms with Crippen LogP contribution in [0.3, 0.4) is 0 Å². The molecule has 0 unspecified atom stereocenters. The number of hydrogen-bond acceptors (Lipinski definition) is 5. The molecule has 1 aliphatic rings. The summed E-state index contributed by atoms with van der Waals surface area (Å²) in [4.78, 5) is 15.1. The molecule has 0 radical (unpaired) electrons. The molecule has 25 heavy (non-hydrogen) atoms. The number of anilines is 1. The SMILES string of the molecule is CC(C)(C)OC(=O)NC1CCN(Nc2ccnc(C(F)(F)F)c2)CC1. The molecule has 1 aliphatic heterocycles. The summed E-state index contributed by atoms with van der Waals surface area (Å²) >= 11 is 0. The van der Waals surface area contributed by atoms with E-state index in [4.69, 9.17) is 4.74 Å². The van der Waals surface area contributed by atoms with Gasteiger partial charge in [-0.25, -0.2) is 9.80 Å². The van der Waals surface area contributed by atoms with Gasteiger partial charge in [0.1, 0.15) is 11.3 Å². The molecule has 2 rings (SSSR count). The van der Waals surface area contributed by atoms with Crippen molar-refractivity contribution in [2.24, 2.45) is 0 Å². The van der Waals surface area contributed by atoms with Gasteiger partial charge in [-0.05, 0) is 45.7 Å². The number of halogens is 3. The van der Waals surface area contributed by atoms with Gasteiger partial charge in [-0.15, -0.1) is 0 Å². The highest BCUT2D eigenvalue weighted by Crippen LogP contribution is 2.29. The average Bonchev–Trinajstić information content (AvgIpc) is 2.47. The number of aromatic nitrogens is 1. The predicted molar refractivity (Wildman–Crippen MR) is 86.8 cm³/mol. The molecule has 0 aromatic carbocycles. The van der Waals surface area contributed by atoms with Crippen LogP contribution in [0.15, 0.2) is 18.3 Å². The zero-order chi connectivity index (χ0) is 18.7. The molecule has 1 fully saturated rings. The van der Waals surface area contributed by atoms with Crippen LogP contribution in [0.25, 0.3) is 0 Å². The number of rotatable bonds is 3. The molecule has 6 nitrogen and oxygen atoms in total. The second-order valence-electron chi connectivity index (χ2n) is 6.95. The summed E-state index contributed by atoms with van der Waals surface area (Å²) < 4.78 is 43.3. The van der Waals surface area contributed by atoms with Crippen molar-refractivity contribution in [2.75, 3.05) is 18.5 Å². The third kappa shape index (κ3) is 6.41. The quantitative estimate of drug-likeness (QED) is 0.865. The van der Waals surface area contributed by atoms with Gasteiger partial charge < -0.3 is 15.5 Å². The van der Waals surface area contributed by atoms with Crippen molar-refractivity contribution >= 4 is 11.8 Å². The summed E-state index contributed by atoms with van der Waals surface area (Å²) in [6.45, 7) is 6.56. The number of pyridine rings is 1. The largest absolute Gasteiger partial charge is 0.444 e. The normalized spacial score (nSPS) is 17.2. The van der Waals surface area contributed by atoms with E-state index in [-0.39, 0.29) is 6.04 Å². The Kier molecular flexibility index (Phi) is 5.76. The first-order valence-electron chi connectivity index (χ1n) is 8.07. The van der Waals surface area contributed by atoms with Gasteiger partial charge in [-0.3, -0.25) is 4.98 Å². The molecule has 0 aliphatic carbocycles. The van der Waals surface area contributed by atoms with E-state index in [9.17, 15) is 18.0 Å². The van der Waals surface area contributed by atoms with Crippen LogP contribution in [0.2, 0.25) is 0 Å². The minimum atomic E-state index is -4.47. The van der Waals surface area contributed by atoms with Crippen LogP contribution >= 0.6 is 0 Å². The zero-order valence-electron chi connectivity index (χ0n) is 14.5. The lowest BCUT2D eigenvalue weighted by Gasteiger charge is -2.33. The van der Waals surface area contributed by atoms with Gasteiger partial charge in [0, 0.05) is 25.3 Å². The number of alkyl halides is 3. The molecule has 0 saturated carbocycles. The van der Waals surface area contributed by atoms with Crippen LogP contribution in [-0.2, 0) is 10.9 Å². The first-order chi connectivity index (χ1) is 11.5. The third-order valence-electron chi connectivity index (χ3n) is 3.55. The fraction of sp³-hybridized carbons (Fsp3) is 0.625. The van der Waals surface area contributed by atoms with E-state index in [0.717, 1.165) is 12.3 Å². The summed E-state index contributed by atoms with van der Waals surface area (Å²) in [6.07, 6.45) is -2.46. The number of nitrogens with zero attached hydrogens (tertiary/aromatic N) is 2. The Labute approximate surface area is 144 Å². The van der Waals surface area contributed by atoms with Crippen LogP contribution in [0.1, 0.15) is 39.3 Å². The molecule has 140 valence electrons. The average molecular weight is 360 g/mol. The molecule has 0 atom stereocenters. The molecular weight excluding hydrogens is 337 g/mol. The Morgan fingerprint density at radius 2 is 1.92 bits per heavy atom. The van der Waals surface area contributed by atoms with E-state index in [1.165, 1.54) is 6.07 Å². The lowest BCUT2D eigenvalue weighted by Crippen LogP contribution is -2.47. The van der Waals surface area contributed by atoms with Crippen molar-refractivity contribution < 1.29 is 22.7 Å². The van der Waals surface area contributed by atoms with Crippen molar-refractivity contribution in [3.05, 3.63) is 24.0 Å². The lowest BCUT2D eigenvalue weighted by atomic mass is 10.1. The molecule has 1 saturated heterocycles. The second-order valence-corrected chi connectivity index (χ2v) is 6.95. The maximum atomic E-state index is 12.7. The highest BCUT2D eigenvalue weighted by molar-refractivity contribution is 5.68. The van der Waals surface area contributed by atoms with E-state index in [2.05, 4.69) is 15.7 Å². The van der Waals surface area contributed by atoms with Crippen LogP contribution in [0.4, 0.5) is 23.7 Å². The van der Waals surface area contributed by atoms with E-state index < -0.39 is 23.6 Å². The van der Waals surface area contributed by atoms with Crippen molar-refractivity contribution in [3.63, 3.8) is 0 Å². The molecule has 9 heteroatoms. The van der Waals surface area contributed by atoms with Crippen LogP contribution in [-0.4, -0.2) is 40.8 Å². The number of carbonyl (C=O) groups excluding carboxylic acids is 1. The Balaban J connectivity index is 1.82. The predicted octanol–water partition coefficient (Wildman–Crippen LogP) is 3.42. The number of hydrazine groups is 1. The standard InChI is InChI=1S/C16H23F3N4O2/c1-15(2,3)25-14(24)21-11-5-8-23(9-6-11)22-12-4-7-20-13(10-12)16(17,18)19/h4,7,10-11H,5-6,8-9H2,1-3H3,(H,20,22)(H,21,24). The van der Waals surface area contributed by atoms with Gasteiger partial charge in [0.05, 0.1) is 5.69 Å². The molecule has 2 heterocycles. The van der Waals surface area contributed by atoms with E-state index in [1.807, 2.05) is 5.01 Å². The Hall–Kier alpha value is -2.03. The van der Waals surface area contributed by atoms with Gasteiger partial charge in [0.25, 0.3) is 0 Å². The first-order valence-corrected chi connectivity index (χ1v) is 8.07. The monoisotopic (exact) mass is 360 g/mol. The minimum absolute atomic E-state index is 0.0175. The Bertz CT molecular complexity index is 594. The summed E-state index contributed by atoms with van der Waals surface area (Å²) in [6, 6.07) is 2.45. The first kappa shape index (κ1) is 19.3. The molecule has 1 aromatic rings. The number of hydrogen-bond donors (Lipinski definition) is 2. The third-order valence-corrected chi connectivity index (χ3v) is 3.55. The number of ether oxygens (including phenoxy) is 1. The maximum absolute atomic E-state index is 12.7. The molecule has 0 spiro atoms. The van der Waals surface area contributed by atoms with Gasteiger partial charge >= 0.3 is 12.3 Å². The molecule has 1 amide bonds. The summed E-state index contributed by atoms with van der Waals surface area (Å²) in [7, 11) is 0. The van der Waals surface area contributed by atoms with E-state index >= 15 is 0 Å². The van der Waals surface area contributed by atoms with Crippen molar-refractivity contribution in [2.45, 2.75) is 51.4 Å². The molecule has 0 bridgehead atoms. The number of carbonyl (C=O) groups is 1. The molecule has 1 aromatic heterocycles.